The minimum absolute atomic E-state index is 0.0454. The molecule has 2 aliphatic rings. The van der Waals surface area contributed by atoms with Gasteiger partial charge in [-0.3, -0.25) is 9.52 Å². The molecule has 41 heavy (non-hydrogen) atoms. The summed E-state index contributed by atoms with van der Waals surface area (Å²) in [5, 5.41) is 12.9. The average molecular weight is 591 g/mol. The number of aliphatic hydroxyl groups is 1. The van der Waals surface area contributed by atoms with Crippen molar-refractivity contribution < 1.29 is 27.9 Å². The summed E-state index contributed by atoms with van der Waals surface area (Å²) in [6, 6.07) is 4.39. The molecule has 0 bridgehead atoms. The number of nitrogens with one attached hydrogen (secondary N) is 2. The number of nitrogens with zero attached hydrogens (tertiary/aromatic N) is 4. The van der Waals surface area contributed by atoms with Crippen LogP contribution in [-0.2, 0) is 28.3 Å². The number of likely N-dealkylation sites (N-methyl/N-ethyl adjacent to an activating group) is 1. The SMILES string of the molecule is C[C@@H]1CN([C@H](C)CO)C(=O)Cc2cc(NS(=O)(=O)c3cn(C)cn3)ccc2O[C@H]1CN(C)C(=O)NC1CCCCC1. The van der Waals surface area contributed by atoms with Crippen LogP contribution in [-0.4, -0.2) is 89.7 Å². The normalized spacial score (nSPS) is 21.1. The van der Waals surface area contributed by atoms with Crippen molar-refractivity contribution in [3.63, 3.8) is 0 Å². The van der Waals surface area contributed by atoms with E-state index in [4.69, 9.17) is 4.74 Å². The summed E-state index contributed by atoms with van der Waals surface area (Å²) in [6.07, 6.45) is 7.66. The molecule has 4 rings (SSSR count). The Bertz CT molecular complexity index is 1330. The summed E-state index contributed by atoms with van der Waals surface area (Å²) in [4.78, 5) is 33.6. The van der Waals surface area contributed by atoms with Gasteiger partial charge >= 0.3 is 6.03 Å². The molecule has 1 aromatic heterocycles. The summed E-state index contributed by atoms with van der Waals surface area (Å²) < 4.78 is 36.3. The van der Waals surface area contributed by atoms with Crippen molar-refractivity contribution in [1.82, 2.24) is 24.7 Å². The fourth-order valence-electron chi connectivity index (χ4n) is 5.33. The van der Waals surface area contributed by atoms with E-state index in [1.54, 1.807) is 49.0 Å². The van der Waals surface area contributed by atoms with Gasteiger partial charge in [0.25, 0.3) is 10.0 Å². The number of sulfonamides is 1. The first kappa shape index (κ1) is 30.6. The number of fused-ring (bicyclic) bond motifs is 1. The maximum atomic E-state index is 13.4. The molecular weight excluding hydrogens is 548 g/mol. The number of hydrogen-bond donors (Lipinski definition) is 3. The van der Waals surface area contributed by atoms with E-state index in [1.807, 2.05) is 6.92 Å². The number of aryl methyl sites for hydroxylation is 1. The summed E-state index contributed by atoms with van der Waals surface area (Å²) in [5.41, 5.74) is 0.764. The van der Waals surface area contributed by atoms with Crippen molar-refractivity contribution in [3.8, 4) is 5.75 Å². The highest BCUT2D eigenvalue weighted by Crippen LogP contribution is 2.30. The van der Waals surface area contributed by atoms with Crippen molar-refractivity contribution >= 4 is 27.6 Å². The Kier molecular flexibility index (Phi) is 9.80. The fraction of sp³-hybridized carbons (Fsp3) is 0.607. The van der Waals surface area contributed by atoms with Crippen LogP contribution in [0.2, 0.25) is 0 Å². The zero-order valence-electron chi connectivity index (χ0n) is 24.2. The molecule has 1 saturated carbocycles. The van der Waals surface area contributed by atoms with Gasteiger partial charge in [0.1, 0.15) is 11.9 Å². The summed E-state index contributed by atoms with van der Waals surface area (Å²) >= 11 is 0. The van der Waals surface area contributed by atoms with Crippen molar-refractivity contribution in [1.29, 1.82) is 0 Å². The second-order valence-corrected chi connectivity index (χ2v) is 13.0. The van der Waals surface area contributed by atoms with Crippen LogP contribution in [0.4, 0.5) is 10.5 Å². The molecule has 226 valence electrons. The number of anilines is 1. The molecule has 0 spiro atoms. The van der Waals surface area contributed by atoms with Crippen LogP contribution in [0, 0.1) is 5.92 Å². The molecule has 0 saturated heterocycles. The molecule has 3 atom stereocenters. The molecule has 2 heterocycles. The van der Waals surface area contributed by atoms with E-state index in [2.05, 4.69) is 15.0 Å². The number of imidazole rings is 1. The minimum atomic E-state index is -3.94. The maximum absolute atomic E-state index is 13.4. The number of ether oxygens (including phenoxy) is 1. The number of benzene rings is 1. The van der Waals surface area contributed by atoms with E-state index < -0.39 is 22.2 Å². The Hall–Kier alpha value is -3.32. The largest absolute Gasteiger partial charge is 0.488 e. The van der Waals surface area contributed by atoms with Crippen LogP contribution in [0.25, 0.3) is 0 Å². The van der Waals surface area contributed by atoms with Gasteiger partial charge < -0.3 is 29.5 Å². The van der Waals surface area contributed by atoms with Crippen LogP contribution in [0.5, 0.6) is 5.75 Å². The molecular formula is C28H42N6O6S. The second-order valence-electron chi connectivity index (χ2n) is 11.4. The number of hydrogen-bond acceptors (Lipinski definition) is 7. The average Bonchev–Trinajstić information content (AvgIpc) is 3.40. The maximum Gasteiger partial charge on any atom is 0.317 e. The first-order valence-corrected chi connectivity index (χ1v) is 15.7. The van der Waals surface area contributed by atoms with Gasteiger partial charge in [0, 0.05) is 50.0 Å². The molecule has 0 unspecified atom stereocenters. The van der Waals surface area contributed by atoms with Crippen LogP contribution < -0.4 is 14.8 Å². The number of amides is 3. The summed E-state index contributed by atoms with van der Waals surface area (Å²) in [5.74, 6) is 0.0544. The van der Waals surface area contributed by atoms with Crippen LogP contribution in [0.15, 0.2) is 35.7 Å². The Labute approximate surface area is 242 Å². The van der Waals surface area contributed by atoms with Crippen molar-refractivity contribution in [3.05, 3.63) is 36.3 Å². The molecule has 3 amide bonds. The van der Waals surface area contributed by atoms with Gasteiger partial charge in [0.05, 0.1) is 31.9 Å². The standard InChI is InChI=1S/C28H42N6O6S/c1-19-14-34(20(2)17-35)27(36)13-21-12-23(31-41(38,39)26-16-32(3)18-29-26)10-11-24(21)40-25(19)15-33(4)28(37)30-22-8-6-5-7-9-22/h10-12,16,18-20,22,25,31,35H,5-9,13-15,17H2,1-4H3,(H,30,37)/t19-,20-,25+/m1/s1. The van der Waals surface area contributed by atoms with E-state index in [1.165, 1.54) is 23.5 Å². The van der Waals surface area contributed by atoms with E-state index in [-0.39, 0.29) is 54.2 Å². The molecule has 1 aliphatic carbocycles. The number of aromatic nitrogens is 2. The minimum Gasteiger partial charge on any atom is -0.488 e. The Morgan fingerprint density at radius 3 is 2.66 bits per heavy atom. The lowest BCUT2D eigenvalue weighted by Gasteiger charge is -2.34. The third kappa shape index (κ3) is 7.70. The predicted octanol–water partition coefficient (Wildman–Crippen LogP) is 2.34. The van der Waals surface area contributed by atoms with E-state index >= 15 is 0 Å². The third-order valence-electron chi connectivity index (χ3n) is 7.86. The quantitative estimate of drug-likeness (QED) is 0.428. The molecule has 0 radical (unpaired) electrons. The molecule has 1 aliphatic heterocycles. The van der Waals surface area contributed by atoms with Gasteiger partial charge in [0.2, 0.25) is 5.91 Å². The van der Waals surface area contributed by atoms with Crippen molar-refractivity contribution in [2.24, 2.45) is 13.0 Å². The number of rotatable bonds is 8. The molecule has 1 aromatic carbocycles. The fourth-order valence-corrected chi connectivity index (χ4v) is 6.36. The zero-order chi connectivity index (χ0) is 29.7. The topological polar surface area (TPSA) is 146 Å². The van der Waals surface area contributed by atoms with Crippen LogP contribution >= 0.6 is 0 Å². The number of carbonyl (C=O) groups excluding carboxylic acids is 2. The van der Waals surface area contributed by atoms with Crippen LogP contribution in [0.1, 0.15) is 51.5 Å². The third-order valence-corrected chi connectivity index (χ3v) is 9.12. The molecule has 13 heteroatoms. The zero-order valence-corrected chi connectivity index (χ0v) is 25.1. The Balaban J connectivity index is 1.59. The van der Waals surface area contributed by atoms with Gasteiger partial charge in [-0.05, 0) is 38.0 Å². The van der Waals surface area contributed by atoms with Gasteiger partial charge in [-0.2, -0.15) is 8.42 Å². The summed E-state index contributed by atoms with van der Waals surface area (Å²) in [7, 11) is -0.534. The number of aliphatic hydroxyl groups excluding tert-OH is 1. The van der Waals surface area contributed by atoms with Crippen molar-refractivity contribution in [2.45, 2.75) is 75.6 Å². The molecule has 1 fully saturated rings. The second kappa shape index (κ2) is 13.1. The van der Waals surface area contributed by atoms with Gasteiger partial charge in [-0.25, -0.2) is 9.78 Å². The highest BCUT2D eigenvalue weighted by Gasteiger charge is 2.32. The molecule has 3 N–H and O–H groups in total. The highest BCUT2D eigenvalue weighted by atomic mass is 32.2. The predicted molar refractivity (Wildman–Crippen MR) is 154 cm³/mol. The lowest BCUT2D eigenvalue weighted by atomic mass is 9.96. The van der Waals surface area contributed by atoms with Gasteiger partial charge in [0.15, 0.2) is 5.03 Å². The molecule has 2 aromatic rings. The highest BCUT2D eigenvalue weighted by molar-refractivity contribution is 7.92. The Morgan fingerprint density at radius 2 is 2.00 bits per heavy atom. The monoisotopic (exact) mass is 590 g/mol. The van der Waals surface area contributed by atoms with E-state index in [0.717, 1.165) is 25.7 Å². The first-order chi connectivity index (χ1) is 19.5. The lowest BCUT2D eigenvalue weighted by molar-refractivity contribution is -0.134. The number of carbonyl (C=O) groups is 2. The van der Waals surface area contributed by atoms with Gasteiger partial charge in [-0.15, -0.1) is 0 Å². The lowest BCUT2D eigenvalue weighted by Crippen LogP contribution is -2.50. The van der Waals surface area contributed by atoms with Crippen LogP contribution in [0.3, 0.4) is 0 Å². The van der Waals surface area contributed by atoms with E-state index in [9.17, 15) is 23.1 Å². The van der Waals surface area contributed by atoms with Gasteiger partial charge in [-0.1, -0.05) is 26.2 Å². The molecule has 12 nitrogen and oxygen atoms in total. The van der Waals surface area contributed by atoms with Crippen molar-refractivity contribution in [2.75, 3.05) is 31.5 Å². The number of urea groups is 1. The smallest absolute Gasteiger partial charge is 0.317 e. The first-order valence-electron chi connectivity index (χ1n) is 14.2. The van der Waals surface area contributed by atoms with E-state index in [0.29, 0.717) is 17.9 Å². The summed E-state index contributed by atoms with van der Waals surface area (Å²) in [6.45, 7) is 4.15. The Morgan fingerprint density at radius 1 is 1.27 bits per heavy atom.